The SMILES string of the molecule is Cc1cc2c(cc1CN1CCCO[C@@H](Cn3cccn3)C1)OCCO2. The van der Waals surface area contributed by atoms with Crippen LogP contribution in [0.1, 0.15) is 17.5 Å². The highest BCUT2D eigenvalue weighted by molar-refractivity contribution is 5.47. The van der Waals surface area contributed by atoms with Crippen LogP contribution in [0.4, 0.5) is 0 Å². The average Bonchev–Trinajstić information content (AvgIpc) is 3.02. The molecule has 134 valence electrons. The van der Waals surface area contributed by atoms with E-state index in [1.165, 1.54) is 11.1 Å². The maximum atomic E-state index is 6.02. The fraction of sp³-hybridized carbons (Fsp3) is 0.526. The Kier molecular flexibility index (Phi) is 4.90. The lowest BCUT2D eigenvalue weighted by atomic mass is 10.1. The highest BCUT2D eigenvalue weighted by Crippen LogP contribution is 2.33. The van der Waals surface area contributed by atoms with Crippen molar-refractivity contribution in [1.82, 2.24) is 14.7 Å². The summed E-state index contributed by atoms with van der Waals surface area (Å²) in [5.41, 5.74) is 2.54. The maximum Gasteiger partial charge on any atom is 0.161 e. The molecule has 1 aromatic heterocycles. The van der Waals surface area contributed by atoms with E-state index in [1.54, 1.807) is 0 Å². The van der Waals surface area contributed by atoms with Crippen LogP contribution in [-0.4, -0.2) is 53.7 Å². The first-order chi connectivity index (χ1) is 12.3. The Labute approximate surface area is 148 Å². The fourth-order valence-electron chi connectivity index (χ4n) is 3.49. The fourth-order valence-corrected chi connectivity index (χ4v) is 3.49. The van der Waals surface area contributed by atoms with Crippen molar-refractivity contribution in [2.75, 3.05) is 32.9 Å². The summed E-state index contributed by atoms with van der Waals surface area (Å²) in [6.45, 7) is 7.86. The van der Waals surface area contributed by atoms with Gasteiger partial charge >= 0.3 is 0 Å². The highest BCUT2D eigenvalue weighted by atomic mass is 16.6. The first-order valence-corrected chi connectivity index (χ1v) is 8.98. The van der Waals surface area contributed by atoms with E-state index in [1.807, 2.05) is 23.1 Å². The van der Waals surface area contributed by atoms with Crippen LogP contribution in [0.15, 0.2) is 30.6 Å². The molecule has 2 aliphatic rings. The molecule has 3 heterocycles. The molecule has 0 saturated carbocycles. The Morgan fingerprint density at radius 1 is 1.16 bits per heavy atom. The van der Waals surface area contributed by atoms with Gasteiger partial charge in [0.2, 0.25) is 0 Å². The number of benzene rings is 1. The molecule has 0 radical (unpaired) electrons. The Balaban J connectivity index is 1.45. The first kappa shape index (κ1) is 16.4. The van der Waals surface area contributed by atoms with E-state index < -0.39 is 0 Å². The molecular weight excluding hydrogens is 318 g/mol. The van der Waals surface area contributed by atoms with Crippen LogP contribution >= 0.6 is 0 Å². The van der Waals surface area contributed by atoms with Gasteiger partial charge in [0, 0.05) is 38.6 Å². The van der Waals surface area contributed by atoms with E-state index in [4.69, 9.17) is 14.2 Å². The topological polar surface area (TPSA) is 48.8 Å². The van der Waals surface area contributed by atoms with E-state index in [-0.39, 0.29) is 6.10 Å². The van der Waals surface area contributed by atoms with Gasteiger partial charge in [0.05, 0.1) is 12.6 Å². The number of aryl methyl sites for hydroxylation is 1. The largest absolute Gasteiger partial charge is 0.486 e. The van der Waals surface area contributed by atoms with Gasteiger partial charge in [0.15, 0.2) is 11.5 Å². The summed E-state index contributed by atoms with van der Waals surface area (Å²) in [6.07, 6.45) is 5.02. The van der Waals surface area contributed by atoms with Gasteiger partial charge in [-0.15, -0.1) is 0 Å². The summed E-state index contributed by atoms with van der Waals surface area (Å²) in [5.74, 6) is 1.73. The molecule has 4 rings (SSSR count). The predicted molar refractivity (Wildman–Crippen MR) is 94.0 cm³/mol. The molecule has 1 fully saturated rings. The standard InChI is InChI=1S/C19H25N3O3/c1-15-10-18-19(25-9-8-24-18)11-16(15)12-21-5-3-7-23-17(13-21)14-22-6-2-4-20-22/h2,4,6,10-11,17H,3,5,7-9,12-14H2,1H3/t17-/m1/s1. The van der Waals surface area contributed by atoms with Crippen LogP contribution in [0.5, 0.6) is 11.5 Å². The predicted octanol–water partition coefficient (Wildman–Crippen LogP) is 2.25. The molecule has 2 aromatic rings. The Morgan fingerprint density at radius 3 is 2.80 bits per heavy atom. The summed E-state index contributed by atoms with van der Waals surface area (Å²) in [6, 6.07) is 6.18. The van der Waals surface area contributed by atoms with Gasteiger partial charge in [-0.1, -0.05) is 0 Å². The Hall–Kier alpha value is -2.05. The van der Waals surface area contributed by atoms with Crippen LogP contribution in [-0.2, 0) is 17.8 Å². The van der Waals surface area contributed by atoms with Crippen LogP contribution in [0.3, 0.4) is 0 Å². The van der Waals surface area contributed by atoms with E-state index in [0.29, 0.717) is 13.2 Å². The van der Waals surface area contributed by atoms with Crippen LogP contribution in [0.2, 0.25) is 0 Å². The first-order valence-electron chi connectivity index (χ1n) is 8.98. The van der Waals surface area contributed by atoms with Gasteiger partial charge in [-0.05, 0) is 42.7 Å². The Bertz CT molecular complexity index is 702. The molecular formula is C19H25N3O3. The zero-order valence-electron chi connectivity index (χ0n) is 14.7. The van der Waals surface area contributed by atoms with Crippen molar-refractivity contribution in [2.45, 2.75) is 32.5 Å². The molecule has 25 heavy (non-hydrogen) atoms. The highest BCUT2D eigenvalue weighted by Gasteiger charge is 2.21. The lowest BCUT2D eigenvalue weighted by molar-refractivity contribution is 0.0391. The summed E-state index contributed by atoms with van der Waals surface area (Å²) in [4.78, 5) is 2.47. The van der Waals surface area contributed by atoms with Gasteiger partial charge in [-0.2, -0.15) is 5.10 Å². The second kappa shape index (κ2) is 7.45. The van der Waals surface area contributed by atoms with Crippen molar-refractivity contribution in [3.05, 3.63) is 41.7 Å². The number of ether oxygens (including phenoxy) is 3. The second-order valence-electron chi connectivity index (χ2n) is 6.73. The van der Waals surface area contributed by atoms with Crippen LogP contribution in [0.25, 0.3) is 0 Å². The van der Waals surface area contributed by atoms with Crippen molar-refractivity contribution >= 4 is 0 Å². The van der Waals surface area contributed by atoms with Gasteiger partial charge in [-0.3, -0.25) is 9.58 Å². The smallest absolute Gasteiger partial charge is 0.161 e. The molecule has 1 saturated heterocycles. The lowest BCUT2D eigenvalue weighted by Gasteiger charge is -2.26. The zero-order valence-corrected chi connectivity index (χ0v) is 14.7. The molecule has 1 aromatic carbocycles. The summed E-state index contributed by atoms with van der Waals surface area (Å²) in [5, 5.41) is 4.30. The third-order valence-electron chi connectivity index (χ3n) is 4.78. The number of hydrogen-bond acceptors (Lipinski definition) is 5. The van der Waals surface area contributed by atoms with Gasteiger partial charge in [0.25, 0.3) is 0 Å². The van der Waals surface area contributed by atoms with Crippen molar-refractivity contribution in [3.63, 3.8) is 0 Å². The number of hydrogen-bond donors (Lipinski definition) is 0. The number of aromatic nitrogens is 2. The van der Waals surface area contributed by atoms with Crippen molar-refractivity contribution in [1.29, 1.82) is 0 Å². The van der Waals surface area contributed by atoms with E-state index in [0.717, 1.165) is 50.7 Å². The third-order valence-corrected chi connectivity index (χ3v) is 4.78. The molecule has 2 aliphatic heterocycles. The maximum absolute atomic E-state index is 6.02. The normalized spacial score (nSPS) is 21.1. The number of rotatable bonds is 4. The third kappa shape index (κ3) is 3.96. The van der Waals surface area contributed by atoms with Crippen molar-refractivity contribution in [3.8, 4) is 11.5 Å². The summed E-state index contributed by atoms with van der Waals surface area (Å²) < 4.78 is 19.4. The molecule has 0 spiro atoms. The number of nitrogens with zero attached hydrogens (tertiary/aromatic N) is 3. The molecule has 0 unspecified atom stereocenters. The average molecular weight is 343 g/mol. The molecule has 0 amide bonds. The molecule has 0 bridgehead atoms. The minimum Gasteiger partial charge on any atom is -0.486 e. The quantitative estimate of drug-likeness (QED) is 0.852. The Morgan fingerprint density at radius 2 is 2.00 bits per heavy atom. The molecule has 6 heteroatoms. The molecule has 1 atom stereocenters. The van der Waals surface area contributed by atoms with Gasteiger partial charge < -0.3 is 14.2 Å². The van der Waals surface area contributed by atoms with Crippen molar-refractivity contribution < 1.29 is 14.2 Å². The van der Waals surface area contributed by atoms with Crippen molar-refractivity contribution in [2.24, 2.45) is 0 Å². The minimum atomic E-state index is 0.167. The van der Waals surface area contributed by atoms with Gasteiger partial charge in [-0.25, -0.2) is 0 Å². The van der Waals surface area contributed by atoms with E-state index >= 15 is 0 Å². The summed E-state index contributed by atoms with van der Waals surface area (Å²) in [7, 11) is 0. The zero-order chi connectivity index (χ0) is 17.1. The minimum absolute atomic E-state index is 0.167. The number of fused-ring (bicyclic) bond motifs is 1. The monoisotopic (exact) mass is 343 g/mol. The van der Waals surface area contributed by atoms with Crippen LogP contribution in [0, 0.1) is 6.92 Å². The van der Waals surface area contributed by atoms with Crippen LogP contribution < -0.4 is 9.47 Å². The van der Waals surface area contributed by atoms with E-state index in [2.05, 4.69) is 29.1 Å². The molecule has 0 aliphatic carbocycles. The summed E-state index contributed by atoms with van der Waals surface area (Å²) >= 11 is 0. The lowest BCUT2D eigenvalue weighted by Crippen LogP contribution is -2.34. The molecule has 0 N–H and O–H groups in total. The van der Waals surface area contributed by atoms with Gasteiger partial charge in [0.1, 0.15) is 13.2 Å². The second-order valence-corrected chi connectivity index (χ2v) is 6.73. The molecule has 6 nitrogen and oxygen atoms in total. The van der Waals surface area contributed by atoms with E-state index in [9.17, 15) is 0 Å².